The third kappa shape index (κ3) is 3.58. The monoisotopic (exact) mass is 359 g/mol. The Morgan fingerprint density at radius 2 is 1.95 bits per heavy atom. The average Bonchev–Trinajstić information content (AvgIpc) is 2.76. The van der Waals surface area contributed by atoms with Crippen LogP contribution in [-0.4, -0.2) is 8.42 Å². The van der Waals surface area contributed by atoms with Gasteiger partial charge in [0.15, 0.2) is 0 Å². The van der Waals surface area contributed by atoms with Crippen LogP contribution in [0.15, 0.2) is 44.4 Å². The van der Waals surface area contributed by atoms with Crippen LogP contribution < -0.4 is 4.72 Å². The first-order valence-electron chi connectivity index (χ1n) is 5.76. The van der Waals surface area contributed by atoms with E-state index >= 15 is 0 Å². The van der Waals surface area contributed by atoms with Gasteiger partial charge in [-0.2, -0.15) is 0 Å². The maximum absolute atomic E-state index is 12.2. The molecular formula is C13H14BrNO2S2. The lowest BCUT2D eigenvalue weighted by Gasteiger charge is -2.10. The minimum Gasteiger partial charge on any atom is -0.279 e. The zero-order valence-electron chi connectivity index (χ0n) is 10.6. The molecular weight excluding hydrogens is 346 g/mol. The molecule has 19 heavy (non-hydrogen) atoms. The van der Waals surface area contributed by atoms with E-state index in [1.54, 1.807) is 18.2 Å². The van der Waals surface area contributed by atoms with Gasteiger partial charge in [-0.15, -0.1) is 11.3 Å². The highest BCUT2D eigenvalue weighted by Crippen LogP contribution is 2.28. The fourth-order valence-electron chi connectivity index (χ4n) is 1.61. The zero-order chi connectivity index (χ0) is 14.0. The van der Waals surface area contributed by atoms with E-state index in [1.165, 1.54) is 11.3 Å². The van der Waals surface area contributed by atoms with Crippen molar-refractivity contribution >= 4 is 43.0 Å². The summed E-state index contributed by atoms with van der Waals surface area (Å²) in [6.45, 7) is 4.15. The van der Waals surface area contributed by atoms with Gasteiger partial charge in [-0.1, -0.05) is 26.0 Å². The van der Waals surface area contributed by atoms with Gasteiger partial charge in [0.1, 0.15) is 4.21 Å². The first-order chi connectivity index (χ1) is 8.88. The van der Waals surface area contributed by atoms with E-state index < -0.39 is 10.0 Å². The highest BCUT2D eigenvalue weighted by Gasteiger charge is 2.16. The van der Waals surface area contributed by atoms with E-state index in [0.717, 1.165) is 9.35 Å². The van der Waals surface area contributed by atoms with Crippen LogP contribution in [0.2, 0.25) is 0 Å². The van der Waals surface area contributed by atoms with Gasteiger partial charge >= 0.3 is 0 Å². The first-order valence-corrected chi connectivity index (χ1v) is 8.86. The number of hydrogen-bond donors (Lipinski definition) is 1. The fraction of sp³-hybridized carbons (Fsp3) is 0.231. The average molecular weight is 360 g/mol. The molecule has 2 rings (SSSR count). The zero-order valence-corrected chi connectivity index (χ0v) is 13.8. The van der Waals surface area contributed by atoms with E-state index in [1.807, 2.05) is 18.2 Å². The SMILES string of the molecule is CC(C)c1cccc(NS(=O)(=O)c2ccc(Br)s2)c1. The predicted octanol–water partition coefficient (Wildman–Crippen LogP) is 4.43. The number of halogens is 1. The molecule has 1 N–H and O–H groups in total. The van der Waals surface area contributed by atoms with Crippen molar-refractivity contribution in [2.24, 2.45) is 0 Å². The van der Waals surface area contributed by atoms with Gasteiger partial charge in [0.25, 0.3) is 10.0 Å². The minimum absolute atomic E-state index is 0.300. The lowest BCUT2D eigenvalue weighted by molar-refractivity contribution is 0.603. The highest BCUT2D eigenvalue weighted by molar-refractivity contribution is 9.11. The van der Waals surface area contributed by atoms with Crippen LogP contribution in [0, 0.1) is 0 Å². The summed E-state index contributed by atoms with van der Waals surface area (Å²) in [7, 11) is -3.50. The molecule has 0 radical (unpaired) electrons. The number of thiophene rings is 1. The quantitative estimate of drug-likeness (QED) is 0.877. The van der Waals surface area contributed by atoms with Crippen LogP contribution >= 0.6 is 27.3 Å². The Morgan fingerprint density at radius 1 is 1.21 bits per heavy atom. The second-order valence-corrected chi connectivity index (χ2v) is 8.82. The van der Waals surface area contributed by atoms with Crippen molar-refractivity contribution in [3.8, 4) is 0 Å². The number of rotatable bonds is 4. The number of nitrogens with one attached hydrogen (secondary N) is 1. The Morgan fingerprint density at radius 3 is 2.53 bits per heavy atom. The number of benzene rings is 1. The van der Waals surface area contributed by atoms with Crippen molar-refractivity contribution in [1.29, 1.82) is 0 Å². The molecule has 2 aromatic rings. The molecule has 0 bridgehead atoms. The molecule has 3 nitrogen and oxygen atoms in total. The Bertz CT molecular complexity index is 677. The topological polar surface area (TPSA) is 46.2 Å². The van der Waals surface area contributed by atoms with Gasteiger partial charge in [-0.25, -0.2) is 8.42 Å². The molecule has 1 aromatic carbocycles. The van der Waals surface area contributed by atoms with Crippen molar-refractivity contribution < 1.29 is 8.42 Å². The van der Waals surface area contributed by atoms with Gasteiger partial charge in [0.05, 0.1) is 3.79 Å². The molecule has 102 valence electrons. The van der Waals surface area contributed by atoms with Crippen LogP contribution in [0.4, 0.5) is 5.69 Å². The highest BCUT2D eigenvalue weighted by atomic mass is 79.9. The van der Waals surface area contributed by atoms with E-state index in [2.05, 4.69) is 34.5 Å². The lowest BCUT2D eigenvalue weighted by atomic mass is 10.0. The Balaban J connectivity index is 2.28. The molecule has 0 unspecified atom stereocenters. The van der Waals surface area contributed by atoms with Crippen LogP contribution in [0.25, 0.3) is 0 Å². The third-order valence-corrected chi connectivity index (χ3v) is 6.12. The van der Waals surface area contributed by atoms with Crippen molar-refractivity contribution in [2.75, 3.05) is 4.72 Å². The summed E-state index contributed by atoms with van der Waals surface area (Å²) >= 11 is 4.46. The Kier molecular flexibility index (Phi) is 4.32. The van der Waals surface area contributed by atoms with Gasteiger partial charge in [-0.3, -0.25) is 4.72 Å². The first kappa shape index (κ1) is 14.6. The molecule has 0 spiro atoms. The minimum atomic E-state index is -3.50. The molecule has 0 fully saturated rings. The van der Waals surface area contributed by atoms with Gasteiger partial charge < -0.3 is 0 Å². The van der Waals surface area contributed by atoms with Crippen LogP contribution in [0.1, 0.15) is 25.3 Å². The van der Waals surface area contributed by atoms with Crippen molar-refractivity contribution in [3.05, 3.63) is 45.7 Å². The van der Waals surface area contributed by atoms with E-state index in [4.69, 9.17) is 0 Å². The van der Waals surface area contributed by atoms with Crippen molar-refractivity contribution in [1.82, 2.24) is 0 Å². The number of hydrogen-bond acceptors (Lipinski definition) is 3. The summed E-state index contributed by atoms with van der Waals surface area (Å²) < 4.78 is 28.0. The summed E-state index contributed by atoms with van der Waals surface area (Å²) in [5.74, 6) is 0.361. The standard InChI is InChI=1S/C13H14BrNO2S2/c1-9(2)10-4-3-5-11(8-10)15-19(16,17)13-7-6-12(14)18-13/h3-9,15H,1-2H3. The summed E-state index contributed by atoms with van der Waals surface area (Å²) in [5, 5.41) is 0. The Labute approximate surface area is 125 Å². The van der Waals surface area contributed by atoms with E-state index in [0.29, 0.717) is 15.8 Å². The summed E-state index contributed by atoms with van der Waals surface area (Å²) in [6, 6.07) is 10.8. The van der Waals surface area contributed by atoms with Crippen molar-refractivity contribution in [2.45, 2.75) is 24.0 Å². The number of anilines is 1. The molecule has 1 heterocycles. The molecule has 6 heteroatoms. The molecule has 0 aliphatic rings. The maximum atomic E-state index is 12.2. The van der Waals surface area contributed by atoms with Crippen LogP contribution in [-0.2, 0) is 10.0 Å². The van der Waals surface area contributed by atoms with E-state index in [9.17, 15) is 8.42 Å². The fourth-order valence-corrected chi connectivity index (χ4v) is 4.67. The summed E-state index contributed by atoms with van der Waals surface area (Å²) in [6.07, 6.45) is 0. The second-order valence-electron chi connectivity index (χ2n) is 4.44. The molecule has 0 aliphatic heterocycles. The number of sulfonamides is 1. The van der Waals surface area contributed by atoms with E-state index in [-0.39, 0.29) is 0 Å². The van der Waals surface area contributed by atoms with Crippen LogP contribution in [0.5, 0.6) is 0 Å². The molecule has 0 amide bonds. The largest absolute Gasteiger partial charge is 0.279 e. The molecule has 1 aromatic heterocycles. The lowest BCUT2D eigenvalue weighted by Crippen LogP contribution is -2.11. The van der Waals surface area contributed by atoms with Crippen LogP contribution in [0.3, 0.4) is 0 Å². The van der Waals surface area contributed by atoms with Gasteiger partial charge in [0, 0.05) is 5.69 Å². The predicted molar refractivity (Wildman–Crippen MR) is 83.4 cm³/mol. The van der Waals surface area contributed by atoms with Gasteiger partial charge in [-0.05, 0) is 51.7 Å². The third-order valence-electron chi connectivity index (χ3n) is 2.62. The maximum Gasteiger partial charge on any atom is 0.271 e. The van der Waals surface area contributed by atoms with Gasteiger partial charge in [0.2, 0.25) is 0 Å². The summed E-state index contributed by atoms with van der Waals surface area (Å²) in [4.78, 5) is 0. The smallest absolute Gasteiger partial charge is 0.271 e. The molecule has 0 saturated heterocycles. The molecule has 0 saturated carbocycles. The molecule has 0 aliphatic carbocycles. The molecule has 0 atom stereocenters. The summed E-state index contributed by atoms with van der Waals surface area (Å²) in [5.41, 5.74) is 1.70. The van der Waals surface area contributed by atoms with Crippen molar-refractivity contribution in [3.63, 3.8) is 0 Å². The Hall–Kier alpha value is -0.850. The normalized spacial score (nSPS) is 11.8. The second kappa shape index (κ2) is 5.64.